The molecule has 2 amide bonds. The predicted molar refractivity (Wildman–Crippen MR) is 129 cm³/mol. The number of thiocarbonyl (C=S) groups is 1. The number of ether oxygens (including phenoxy) is 1. The average molecular weight is 469 g/mol. The predicted octanol–water partition coefficient (Wildman–Crippen LogP) is 5.36. The number of carbonyl (C=O) groups excluding carboxylic acids is 2. The highest BCUT2D eigenvalue weighted by atomic mass is 35.5. The van der Waals surface area contributed by atoms with Crippen molar-refractivity contribution in [1.29, 1.82) is 0 Å². The number of hydrazine groups is 1. The minimum Gasteiger partial charge on any atom is -0.496 e. The Hall–Kier alpha value is -2.87. The van der Waals surface area contributed by atoms with Gasteiger partial charge in [-0.2, -0.15) is 5.01 Å². The van der Waals surface area contributed by atoms with Crippen molar-refractivity contribution in [3.05, 3.63) is 81.2 Å². The van der Waals surface area contributed by atoms with Crippen LogP contribution in [0.1, 0.15) is 21.5 Å². The molecule has 0 atom stereocenters. The molecule has 3 aromatic carbocycles. The van der Waals surface area contributed by atoms with Gasteiger partial charge >= 0.3 is 0 Å². The van der Waals surface area contributed by atoms with Gasteiger partial charge in [0.05, 0.1) is 22.6 Å². The lowest BCUT2D eigenvalue weighted by atomic mass is 10.0. The van der Waals surface area contributed by atoms with Crippen LogP contribution in [0.3, 0.4) is 0 Å². The highest BCUT2D eigenvalue weighted by Gasteiger charge is 2.34. The molecule has 3 aromatic rings. The monoisotopic (exact) mass is 468 g/mol. The fourth-order valence-corrected chi connectivity index (χ4v) is 4.76. The number of methoxy groups -OCH3 is 1. The minimum absolute atomic E-state index is 0.241. The molecule has 4 rings (SSSR count). The first kappa shape index (κ1) is 21.4. The van der Waals surface area contributed by atoms with Crippen LogP contribution < -0.4 is 10.2 Å². The van der Waals surface area contributed by atoms with Gasteiger partial charge in [-0.25, -0.2) is 0 Å². The van der Waals surface area contributed by atoms with Crippen LogP contribution in [0.25, 0.3) is 16.8 Å². The number of nitrogens with one attached hydrogen (secondary N) is 1. The number of thioether (sulfide) groups is 1. The molecule has 5 nitrogen and oxygen atoms in total. The molecule has 1 aliphatic rings. The number of carbonyl (C=O) groups is 2. The van der Waals surface area contributed by atoms with E-state index in [0.29, 0.717) is 9.93 Å². The number of halogens is 1. The Balaban J connectivity index is 1.62. The Kier molecular flexibility index (Phi) is 6.00. The van der Waals surface area contributed by atoms with Crippen LogP contribution in [-0.2, 0) is 4.79 Å². The molecule has 1 saturated heterocycles. The molecular formula is C23H17ClN2O3S2. The highest BCUT2D eigenvalue weighted by molar-refractivity contribution is 8.26. The van der Waals surface area contributed by atoms with E-state index in [9.17, 15) is 9.59 Å². The molecular weight excluding hydrogens is 452 g/mol. The maximum Gasteiger partial charge on any atom is 0.285 e. The van der Waals surface area contributed by atoms with Crippen molar-refractivity contribution in [2.75, 3.05) is 7.11 Å². The van der Waals surface area contributed by atoms with Gasteiger partial charge < -0.3 is 4.74 Å². The largest absolute Gasteiger partial charge is 0.496 e. The lowest BCUT2D eigenvalue weighted by Gasteiger charge is -2.16. The summed E-state index contributed by atoms with van der Waals surface area (Å²) in [5.41, 5.74) is 4.62. The summed E-state index contributed by atoms with van der Waals surface area (Å²) in [6, 6.07) is 16.6. The van der Waals surface area contributed by atoms with E-state index >= 15 is 0 Å². The first-order valence-electron chi connectivity index (χ1n) is 9.30. The van der Waals surface area contributed by atoms with E-state index < -0.39 is 11.8 Å². The van der Waals surface area contributed by atoms with Gasteiger partial charge in [0, 0.05) is 5.39 Å². The van der Waals surface area contributed by atoms with Crippen molar-refractivity contribution in [1.82, 2.24) is 10.4 Å². The molecule has 156 valence electrons. The van der Waals surface area contributed by atoms with Gasteiger partial charge in [0.1, 0.15) is 5.75 Å². The van der Waals surface area contributed by atoms with Crippen LogP contribution in [0.5, 0.6) is 5.75 Å². The summed E-state index contributed by atoms with van der Waals surface area (Å²) in [5, 5.41) is 3.28. The quantitative estimate of drug-likeness (QED) is 0.413. The lowest BCUT2D eigenvalue weighted by molar-refractivity contribution is -0.123. The van der Waals surface area contributed by atoms with Gasteiger partial charge in [-0.15, -0.1) is 0 Å². The second-order valence-corrected chi connectivity index (χ2v) is 8.93. The summed E-state index contributed by atoms with van der Waals surface area (Å²) in [6.07, 6.45) is 1.77. The highest BCUT2D eigenvalue weighted by Crippen LogP contribution is 2.35. The molecule has 1 N–H and O–H groups in total. The number of hydrogen-bond donors (Lipinski definition) is 1. The van der Waals surface area contributed by atoms with Crippen molar-refractivity contribution in [2.24, 2.45) is 0 Å². The van der Waals surface area contributed by atoms with Crippen LogP contribution in [0.4, 0.5) is 0 Å². The normalized spacial score (nSPS) is 15.1. The summed E-state index contributed by atoms with van der Waals surface area (Å²) >= 11 is 12.6. The average Bonchev–Trinajstić information content (AvgIpc) is 3.01. The third-order valence-corrected chi connectivity index (χ3v) is 6.42. The molecule has 0 spiro atoms. The van der Waals surface area contributed by atoms with E-state index in [1.165, 1.54) is 0 Å². The first-order chi connectivity index (χ1) is 14.9. The summed E-state index contributed by atoms with van der Waals surface area (Å²) < 4.78 is 5.67. The smallest absolute Gasteiger partial charge is 0.285 e. The van der Waals surface area contributed by atoms with E-state index in [2.05, 4.69) is 5.43 Å². The molecule has 0 bridgehead atoms. The molecule has 31 heavy (non-hydrogen) atoms. The fraction of sp³-hybridized carbons (Fsp3) is 0.0870. The maximum absolute atomic E-state index is 13.0. The van der Waals surface area contributed by atoms with Crippen molar-refractivity contribution < 1.29 is 14.3 Å². The molecule has 1 fully saturated rings. The molecule has 1 aliphatic heterocycles. The Morgan fingerprint density at radius 3 is 2.61 bits per heavy atom. The lowest BCUT2D eigenvalue weighted by Crippen LogP contribution is -2.44. The van der Waals surface area contributed by atoms with Gasteiger partial charge in [0.2, 0.25) is 0 Å². The summed E-state index contributed by atoms with van der Waals surface area (Å²) in [7, 11) is 1.62. The topological polar surface area (TPSA) is 58.6 Å². The van der Waals surface area contributed by atoms with Crippen LogP contribution in [-0.4, -0.2) is 28.3 Å². The molecule has 0 aliphatic carbocycles. The second kappa shape index (κ2) is 8.70. The van der Waals surface area contributed by atoms with Crippen LogP contribution >= 0.6 is 35.6 Å². The van der Waals surface area contributed by atoms with Gasteiger partial charge in [-0.05, 0) is 59.9 Å². The van der Waals surface area contributed by atoms with Crippen molar-refractivity contribution in [3.63, 3.8) is 0 Å². The van der Waals surface area contributed by atoms with E-state index in [4.69, 9.17) is 28.6 Å². The van der Waals surface area contributed by atoms with Gasteiger partial charge in [0.15, 0.2) is 4.32 Å². The zero-order valence-corrected chi connectivity index (χ0v) is 19.0. The number of amides is 2. The Morgan fingerprint density at radius 2 is 1.90 bits per heavy atom. The van der Waals surface area contributed by atoms with Gasteiger partial charge in [-0.1, -0.05) is 59.8 Å². The standard InChI is InChI=1S/C23H17ClN2O3S2/c1-13-7-9-17(18(24)11-13)21(27)25-26-22(28)20(31-23(26)30)12-14-8-10-19(29-2)16-6-4-3-5-15(14)16/h3-12H,1-2H3,(H,25,27)/b20-12+. The Labute approximate surface area is 194 Å². The van der Waals surface area contributed by atoms with Gasteiger partial charge in [0.25, 0.3) is 11.8 Å². The van der Waals surface area contributed by atoms with Crippen LogP contribution in [0.2, 0.25) is 5.02 Å². The summed E-state index contributed by atoms with van der Waals surface area (Å²) in [6.45, 7) is 1.88. The van der Waals surface area contributed by atoms with Crippen LogP contribution in [0.15, 0.2) is 59.5 Å². The molecule has 0 saturated carbocycles. The van der Waals surface area contributed by atoms with E-state index in [1.807, 2.05) is 43.3 Å². The van der Waals surface area contributed by atoms with Gasteiger partial charge in [-0.3, -0.25) is 15.0 Å². The van der Waals surface area contributed by atoms with E-state index in [-0.39, 0.29) is 9.88 Å². The van der Waals surface area contributed by atoms with E-state index in [1.54, 1.807) is 31.4 Å². The molecule has 0 radical (unpaired) electrons. The third-order valence-electron chi connectivity index (χ3n) is 4.80. The molecule has 0 unspecified atom stereocenters. The number of rotatable bonds is 4. The molecule has 1 heterocycles. The fourth-order valence-electron chi connectivity index (χ4n) is 3.27. The summed E-state index contributed by atoms with van der Waals surface area (Å²) in [5.74, 6) is -0.147. The number of aryl methyl sites for hydroxylation is 1. The zero-order valence-electron chi connectivity index (χ0n) is 16.6. The van der Waals surface area contributed by atoms with Crippen LogP contribution in [0, 0.1) is 6.92 Å². The SMILES string of the molecule is COc1ccc(/C=C2/SC(=S)N(NC(=O)c3ccc(C)cc3Cl)C2=O)c2ccccc12. The number of hydrogen-bond acceptors (Lipinski definition) is 5. The van der Waals surface area contributed by atoms with Crippen molar-refractivity contribution in [3.8, 4) is 5.75 Å². The number of benzene rings is 3. The van der Waals surface area contributed by atoms with E-state index in [0.717, 1.165) is 44.4 Å². The Morgan fingerprint density at radius 1 is 1.16 bits per heavy atom. The zero-order chi connectivity index (χ0) is 22.1. The molecule has 8 heteroatoms. The summed E-state index contributed by atoms with van der Waals surface area (Å²) in [4.78, 5) is 26.0. The van der Waals surface area contributed by atoms with Crippen molar-refractivity contribution in [2.45, 2.75) is 6.92 Å². The number of fused-ring (bicyclic) bond motifs is 1. The first-order valence-corrected chi connectivity index (χ1v) is 10.9. The Bertz CT molecular complexity index is 1270. The molecule has 0 aromatic heterocycles. The second-order valence-electron chi connectivity index (χ2n) is 6.84. The number of nitrogens with zero attached hydrogens (tertiary/aromatic N) is 1. The minimum atomic E-state index is -0.502. The third kappa shape index (κ3) is 4.17. The maximum atomic E-state index is 13.0. The van der Waals surface area contributed by atoms with Crippen molar-refractivity contribution >= 4 is 68.6 Å².